The number of hydrogen-bond acceptors (Lipinski definition) is 4. The maximum atomic E-state index is 13.0. The molecule has 1 aromatic carbocycles. The topological polar surface area (TPSA) is 62.1 Å². The third-order valence-electron chi connectivity index (χ3n) is 3.30. The average Bonchev–Trinajstić information content (AvgIpc) is 2.86. The van der Waals surface area contributed by atoms with Crippen molar-refractivity contribution in [3.05, 3.63) is 29.8 Å². The molecule has 1 aromatic rings. The summed E-state index contributed by atoms with van der Waals surface area (Å²) in [6, 6.07) is 4.53. The minimum Gasteiger partial charge on any atom is -0.497 e. The van der Waals surface area contributed by atoms with E-state index in [1.54, 1.807) is 0 Å². The molecule has 0 bridgehead atoms. The summed E-state index contributed by atoms with van der Waals surface area (Å²) in [5.41, 5.74) is -6.37. The molecular weight excluding hydrogens is 346 g/mol. The lowest BCUT2D eigenvalue weighted by molar-refractivity contribution is -0.297. The van der Waals surface area contributed by atoms with Gasteiger partial charge in [0.05, 0.1) is 13.5 Å². The quantitative estimate of drug-likeness (QED) is 0.829. The summed E-state index contributed by atoms with van der Waals surface area (Å²) in [7, 11) is 1.31. The minimum atomic E-state index is -5.54. The zero-order valence-corrected chi connectivity index (χ0v) is 11.9. The largest absolute Gasteiger partial charge is 0.497 e. The van der Waals surface area contributed by atoms with E-state index in [0.717, 1.165) is 12.1 Å². The van der Waals surface area contributed by atoms with E-state index in [1.807, 2.05) is 0 Å². The lowest BCUT2D eigenvalue weighted by Gasteiger charge is -2.32. The molecule has 0 spiro atoms. The van der Waals surface area contributed by atoms with Gasteiger partial charge in [0.1, 0.15) is 11.5 Å². The molecule has 1 aliphatic rings. The molecule has 0 aromatic heterocycles. The predicted octanol–water partition coefficient (Wildman–Crippen LogP) is 2.71. The van der Waals surface area contributed by atoms with Crippen LogP contribution in [-0.2, 0) is 0 Å². The van der Waals surface area contributed by atoms with Crippen molar-refractivity contribution in [2.24, 2.45) is 5.10 Å². The Balaban J connectivity index is 2.45. The Morgan fingerprint density at radius 3 is 2.17 bits per heavy atom. The molecule has 1 aliphatic heterocycles. The number of hydrazone groups is 1. The number of nitrogens with zero attached hydrogens (tertiary/aromatic N) is 2. The number of hydrogen-bond donors (Lipinski definition) is 1. The number of rotatable bonds is 2. The summed E-state index contributed by atoms with van der Waals surface area (Å²) in [6.45, 7) is 0. The molecule has 1 unspecified atom stereocenters. The zero-order valence-electron chi connectivity index (χ0n) is 11.9. The number of carbonyl (C=O) groups is 1. The molecule has 0 saturated carbocycles. The van der Waals surface area contributed by atoms with Gasteiger partial charge in [-0.2, -0.15) is 36.5 Å². The van der Waals surface area contributed by atoms with Crippen LogP contribution in [0.1, 0.15) is 16.8 Å². The lowest BCUT2D eigenvalue weighted by atomic mass is 10.1. The number of halogens is 6. The van der Waals surface area contributed by atoms with Gasteiger partial charge in [0, 0.05) is 5.56 Å². The molecule has 1 atom stereocenters. The summed E-state index contributed by atoms with van der Waals surface area (Å²) in [5.74, 6) is -1.25. The van der Waals surface area contributed by atoms with Gasteiger partial charge in [-0.05, 0) is 24.3 Å². The van der Waals surface area contributed by atoms with Gasteiger partial charge in [0.15, 0.2) is 0 Å². The Morgan fingerprint density at radius 2 is 1.75 bits per heavy atom. The Morgan fingerprint density at radius 1 is 1.21 bits per heavy atom. The first kappa shape index (κ1) is 18.0. The number of amides is 1. The van der Waals surface area contributed by atoms with Crippen LogP contribution in [0.25, 0.3) is 0 Å². The summed E-state index contributed by atoms with van der Waals surface area (Å²) in [6.07, 6.45) is -12.7. The first-order valence-corrected chi connectivity index (χ1v) is 6.32. The zero-order chi connectivity index (χ0) is 18.3. The standard InChI is InChI=1S/C13H10F6N2O3/c1-24-8-4-2-7(3-5-8)10(22)21-11(23,13(17,18)19)6-9(20-21)12(14,15)16/h2-5,23H,6H2,1H3. The van der Waals surface area contributed by atoms with Gasteiger partial charge < -0.3 is 9.84 Å². The maximum Gasteiger partial charge on any atom is 0.438 e. The molecule has 132 valence electrons. The number of methoxy groups -OCH3 is 1. The fourth-order valence-corrected chi connectivity index (χ4v) is 1.99. The first-order chi connectivity index (χ1) is 10.9. The maximum absolute atomic E-state index is 13.0. The van der Waals surface area contributed by atoms with Crippen LogP contribution >= 0.6 is 0 Å². The minimum absolute atomic E-state index is 0.276. The number of ether oxygens (including phenoxy) is 1. The van der Waals surface area contributed by atoms with E-state index in [1.165, 1.54) is 19.2 Å². The highest BCUT2D eigenvalue weighted by atomic mass is 19.4. The highest BCUT2D eigenvalue weighted by Crippen LogP contribution is 2.43. The van der Waals surface area contributed by atoms with E-state index in [2.05, 4.69) is 5.10 Å². The van der Waals surface area contributed by atoms with Crippen LogP contribution < -0.4 is 4.74 Å². The molecule has 0 aliphatic carbocycles. The van der Waals surface area contributed by atoms with Gasteiger partial charge in [-0.1, -0.05) is 0 Å². The number of carbonyl (C=O) groups excluding carboxylic acids is 1. The predicted molar refractivity (Wildman–Crippen MR) is 68.3 cm³/mol. The third kappa shape index (κ3) is 3.03. The van der Waals surface area contributed by atoms with Crippen molar-refractivity contribution in [3.63, 3.8) is 0 Å². The van der Waals surface area contributed by atoms with Crippen molar-refractivity contribution in [1.82, 2.24) is 5.01 Å². The van der Waals surface area contributed by atoms with Gasteiger partial charge >= 0.3 is 12.4 Å². The van der Waals surface area contributed by atoms with E-state index in [0.29, 0.717) is 0 Å². The Labute approximate surface area is 131 Å². The Kier molecular flexibility index (Phi) is 4.25. The van der Waals surface area contributed by atoms with Crippen molar-refractivity contribution >= 4 is 11.6 Å². The normalized spacial score (nSPS) is 21.7. The van der Waals surface area contributed by atoms with Crippen LogP contribution in [-0.4, -0.2) is 46.9 Å². The van der Waals surface area contributed by atoms with Crippen LogP contribution in [0, 0.1) is 0 Å². The molecule has 1 N–H and O–H groups in total. The summed E-state index contributed by atoms with van der Waals surface area (Å²) in [4.78, 5) is 12.1. The van der Waals surface area contributed by atoms with E-state index >= 15 is 0 Å². The van der Waals surface area contributed by atoms with Crippen molar-refractivity contribution in [2.45, 2.75) is 24.5 Å². The fourth-order valence-electron chi connectivity index (χ4n) is 1.99. The number of alkyl halides is 6. The van der Waals surface area contributed by atoms with Crippen LogP contribution in [0.5, 0.6) is 5.75 Å². The Hall–Kier alpha value is -2.30. The SMILES string of the molecule is COc1ccc(C(=O)N2N=C(C(F)(F)F)CC2(O)C(F)(F)F)cc1. The van der Waals surface area contributed by atoms with Gasteiger partial charge in [-0.3, -0.25) is 4.79 Å². The van der Waals surface area contributed by atoms with E-state index in [4.69, 9.17) is 4.74 Å². The van der Waals surface area contributed by atoms with Gasteiger partial charge in [-0.25, -0.2) is 0 Å². The van der Waals surface area contributed by atoms with E-state index in [9.17, 15) is 36.2 Å². The van der Waals surface area contributed by atoms with Gasteiger partial charge in [0.2, 0.25) is 0 Å². The molecule has 0 radical (unpaired) electrons. The van der Waals surface area contributed by atoms with Crippen LogP contribution in [0.2, 0.25) is 0 Å². The summed E-state index contributed by atoms with van der Waals surface area (Å²) >= 11 is 0. The molecular formula is C13H10F6N2O3. The van der Waals surface area contributed by atoms with E-state index < -0.39 is 46.7 Å². The molecule has 1 heterocycles. The number of benzene rings is 1. The molecule has 0 saturated heterocycles. The second-order valence-corrected chi connectivity index (χ2v) is 4.88. The van der Waals surface area contributed by atoms with Gasteiger partial charge in [-0.15, -0.1) is 0 Å². The van der Waals surface area contributed by atoms with Crippen molar-refractivity contribution in [2.75, 3.05) is 7.11 Å². The lowest BCUT2D eigenvalue weighted by Crippen LogP contribution is -2.56. The highest BCUT2D eigenvalue weighted by molar-refractivity contribution is 5.99. The molecule has 11 heteroatoms. The fraction of sp³-hybridized carbons (Fsp3) is 0.385. The van der Waals surface area contributed by atoms with Crippen LogP contribution in [0.15, 0.2) is 29.4 Å². The summed E-state index contributed by atoms with van der Waals surface area (Å²) < 4.78 is 81.9. The molecule has 24 heavy (non-hydrogen) atoms. The third-order valence-corrected chi connectivity index (χ3v) is 3.30. The molecule has 0 fully saturated rings. The second-order valence-electron chi connectivity index (χ2n) is 4.88. The van der Waals surface area contributed by atoms with Crippen molar-refractivity contribution in [1.29, 1.82) is 0 Å². The first-order valence-electron chi connectivity index (χ1n) is 6.32. The van der Waals surface area contributed by atoms with Crippen LogP contribution in [0.4, 0.5) is 26.3 Å². The monoisotopic (exact) mass is 356 g/mol. The number of aliphatic hydroxyl groups is 1. The van der Waals surface area contributed by atoms with Crippen molar-refractivity contribution in [3.8, 4) is 5.75 Å². The van der Waals surface area contributed by atoms with Gasteiger partial charge in [0.25, 0.3) is 11.6 Å². The smallest absolute Gasteiger partial charge is 0.438 e. The second kappa shape index (κ2) is 5.65. The molecule has 2 rings (SSSR count). The summed E-state index contributed by atoms with van der Waals surface area (Å²) in [5, 5.41) is 11.8. The van der Waals surface area contributed by atoms with E-state index in [-0.39, 0.29) is 5.75 Å². The average molecular weight is 356 g/mol. The van der Waals surface area contributed by atoms with Crippen LogP contribution in [0.3, 0.4) is 0 Å². The highest BCUT2D eigenvalue weighted by Gasteiger charge is 2.66. The molecule has 1 amide bonds. The Bertz CT molecular complexity index is 668. The van der Waals surface area contributed by atoms with Crippen molar-refractivity contribution < 1.29 is 41.0 Å². The molecule has 5 nitrogen and oxygen atoms in total.